The second-order valence-electron chi connectivity index (χ2n) is 7.57. The van der Waals surface area contributed by atoms with Gasteiger partial charge in [-0.25, -0.2) is 14.4 Å². The fraction of sp³-hybridized carbons (Fsp3) is 0.174. The Bertz CT molecular complexity index is 1350. The molecule has 0 spiro atoms. The molecule has 10 heteroatoms. The maximum atomic E-state index is 13.2. The van der Waals surface area contributed by atoms with Gasteiger partial charge in [0.05, 0.1) is 22.9 Å². The maximum Gasteiger partial charge on any atom is 0.270 e. The Labute approximate surface area is 192 Å². The highest BCUT2D eigenvalue weighted by Crippen LogP contribution is 2.29. The number of nitrogens with zero attached hydrogens (tertiary/aromatic N) is 4. The molecule has 4 aromatic rings. The first kappa shape index (κ1) is 22.3. The van der Waals surface area contributed by atoms with Crippen LogP contribution in [0.25, 0.3) is 21.8 Å². The number of non-ortho nitro benzene ring substituents is 1. The van der Waals surface area contributed by atoms with Crippen molar-refractivity contribution in [2.45, 2.75) is 20.4 Å². The number of rotatable bonds is 6. The van der Waals surface area contributed by atoms with Crippen molar-refractivity contribution in [3.63, 3.8) is 0 Å². The van der Waals surface area contributed by atoms with Gasteiger partial charge in [0.15, 0.2) is 0 Å². The first-order chi connectivity index (χ1) is 15.7. The number of thiazole rings is 1. The zero-order valence-corrected chi connectivity index (χ0v) is 18.9. The standard InChI is InChI=1S/C23H20FN5O3S/c1-13-20(16-5-4-6-18(11-16)29(31)32)27-19(25-13)12-28(3)23(30)21-14(2)26-22(33-21)15-7-9-17(24)10-8-15/h4-11H,12H2,1-3H3,(H,25,27). The van der Waals surface area contributed by atoms with E-state index < -0.39 is 4.92 Å². The van der Waals surface area contributed by atoms with Crippen molar-refractivity contribution in [2.24, 2.45) is 0 Å². The number of nitro benzene ring substituents is 1. The predicted molar refractivity (Wildman–Crippen MR) is 123 cm³/mol. The summed E-state index contributed by atoms with van der Waals surface area (Å²) < 4.78 is 13.2. The number of halogens is 1. The Morgan fingerprint density at radius 1 is 1.15 bits per heavy atom. The van der Waals surface area contributed by atoms with Crippen LogP contribution in [0.4, 0.5) is 10.1 Å². The number of aromatic nitrogens is 3. The van der Waals surface area contributed by atoms with Crippen molar-refractivity contribution in [1.82, 2.24) is 19.9 Å². The summed E-state index contributed by atoms with van der Waals surface area (Å²) in [4.78, 5) is 37.9. The molecule has 0 aliphatic rings. The monoisotopic (exact) mass is 465 g/mol. The lowest BCUT2D eigenvalue weighted by Gasteiger charge is -2.14. The molecule has 0 bridgehead atoms. The minimum atomic E-state index is -0.448. The Kier molecular flexibility index (Phi) is 6.01. The zero-order valence-electron chi connectivity index (χ0n) is 18.1. The van der Waals surface area contributed by atoms with Crippen LogP contribution < -0.4 is 0 Å². The molecule has 0 saturated carbocycles. The fourth-order valence-electron chi connectivity index (χ4n) is 3.43. The first-order valence-corrected chi connectivity index (χ1v) is 10.8. The summed E-state index contributed by atoms with van der Waals surface area (Å²) in [5.41, 5.74) is 3.31. The van der Waals surface area contributed by atoms with Gasteiger partial charge in [-0.2, -0.15) is 0 Å². The third-order valence-corrected chi connectivity index (χ3v) is 6.27. The molecule has 168 valence electrons. The van der Waals surface area contributed by atoms with Crippen LogP contribution in [0.2, 0.25) is 0 Å². The lowest BCUT2D eigenvalue weighted by molar-refractivity contribution is -0.384. The molecule has 0 fully saturated rings. The van der Waals surface area contributed by atoms with Crippen molar-refractivity contribution in [2.75, 3.05) is 7.05 Å². The molecular formula is C23H20FN5O3S. The molecule has 0 atom stereocenters. The molecule has 1 N–H and O–H groups in total. The third-order valence-electron chi connectivity index (χ3n) is 5.08. The molecule has 0 aliphatic carbocycles. The number of benzene rings is 2. The van der Waals surface area contributed by atoms with Gasteiger partial charge in [0, 0.05) is 36.0 Å². The number of aryl methyl sites for hydroxylation is 2. The van der Waals surface area contributed by atoms with Crippen molar-refractivity contribution < 1.29 is 14.1 Å². The van der Waals surface area contributed by atoms with E-state index in [1.165, 1.54) is 40.5 Å². The number of carbonyl (C=O) groups excluding carboxylic acids is 1. The average molecular weight is 466 g/mol. The van der Waals surface area contributed by atoms with Gasteiger partial charge in [-0.05, 0) is 38.1 Å². The van der Waals surface area contributed by atoms with Gasteiger partial charge in [0.25, 0.3) is 11.6 Å². The summed E-state index contributed by atoms with van der Waals surface area (Å²) in [6.45, 7) is 3.81. The molecule has 0 saturated heterocycles. The van der Waals surface area contributed by atoms with Crippen LogP contribution >= 0.6 is 11.3 Å². The van der Waals surface area contributed by atoms with Gasteiger partial charge in [-0.3, -0.25) is 14.9 Å². The van der Waals surface area contributed by atoms with Gasteiger partial charge in [-0.1, -0.05) is 12.1 Å². The number of carbonyl (C=O) groups is 1. The lowest BCUT2D eigenvalue weighted by atomic mass is 10.1. The van der Waals surface area contributed by atoms with Crippen molar-refractivity contribution in [3.8, 4) is 21.8 Å². The smallest absolute Gasteiger partial charge is 0.270 e. The largest absolute Gasteiger partial charge is 0.344 e. The molecule has 4 rings (SSSR count). The molecule has 1 amide bonds. The summed E-state index contributed by atoms with van der Waals surface area (Å²) in [6.07, 6.45) is 0. The molecule has 8 nitrogen and oxygen atoms in total. The van der Waals surface area contributed by atoms with Gasteiger partial charge >= 0.3 is 0 Å². The summed E-state index contributed by atoms with van der Waals surface area (Å²) in [7, 11) is 1.67. The number of nitrogens with one attached hydrogen (secondary N) is 1. The number of aromatic amines is 1. The molecule has 0 radical (unpaired) electrons. The summed E-state index contributed by atoms with van der Waals surface area (Å²) >= 11 is 1.26. The van der Waals surface area contributed by atoms with E-state index in [2.05, 4.69) is 15.0 Å². The number of H-pyrrole nitrogens is 1. The van der Waals surface area contributed by atoms with Gasteiger partial charge in [0.1, 0.15) is 21.5 Å². The Morgan fingerprint density at radius 2 is 1.88 bits per heavy atom. The van der Waals surface area contributed by atoms with E-state index in [-0.39, 0.29) is 24.0 Å². The highest BCUT2D eigenvalue weighted by Gasteiger charge is 2.21. The fourth-order valence-corrected chi connectivity index (χ4v) is 4.49. The van der Waals surface area contributed by atoms with Crippen molar-refractivity contribution in [1.29, 1.82) is 0 Å². The molecule has 33 heavy (non-hydrogen) atoms. The molecule has 2 aromatic heterocycles. The quantitative estimate of drug-likeness (QED) is 0.314. The highest BCUT2D eigenvalue weighted by atomic mass is 32.1. The van der Waals surface area contributed by atoms with Crippen molar-refractivity contribution >= 4 is 22.9 Å². The van der Waals surface area contributed by atoms with E-state index in [1.807, 2.05) is 6.92 Å². The average Bonchev–Trinajstić information content (AvgIpc) is 3.36. The molecule has 2 heterocycles. The molecule has 0 aliphatic heterocycles. The Morgan fingerprint density at radius 3 is 2.58 bits per heavy atom. The van der Waals surface area contributed by atoms with Crippen LogP contribution in [0.3, 0.4) is 0 Å². The first-order valence-electron chi connectivity index (χ1n) is 10.0. The van der Waals surface area contributed by atoms with Crippen LogP contribution in [0.5, 0.6) is 0 Å². The third kappa shape index (κ3) is 4.65. The minimum Gasteiger partial charge on any atom is -0.344 e. The molecule has 0 unspecified atom stereocenters. The van der Waals surface area contributed by atoms with E-state index in [0.29, 0.717) is 32.7 Å². The van der Waals surface area contributed by atoms with Crippen LogP contribution in [0.1, 0.15) is 26.9 Å². The molecular weight excluding hydrogens is 445 g/mol. The predicted octanol–water partition coefficient (Wildman–Crippen LogP) is 5.14. The summed E-state index contributed by atoms with van der Waals surface area (Å²) in [5.74, 6) is 0.0244. The SMILES string of the molecule is Cc1nc(-c2ccc(F)cc2)sc1C(=O)N(C)Cc1nc(-c2cccc([N+](=O)[O-])c2)c(C)[nH]1. The van der Waals surface area contributed by atoms with Crippen LogP contribution in [-0.4, -0.2) is 37.7 Å². The van der Waals surface area contributed by atoms with Gasteiger partial charge in [-0.15, -0.1) is 11.3 Å². The number of hydrogen-bond acceptors (Lipinski definition) is 6. The normalized spacial score (nSPS) is 10.9. The second-order valence-corrected chi connectivity index (χ2v) is 8.57. The number of hydrogen-bond donors (Lipinski definition) is 1. The zero-order chi connectivity index (χ0) is 23.7. The Hall–Kier alpha value is -3.92. The van der Waals surface area contributed by atoms with E-state index in [0.717, 1.165) is 11.3 Å². The van der Waals surface area contributed by atoms with E-state index in [4.69, 9.17) is 0 Å². The highest BCUT2D eigenvalue weighted by molar-refractivity contribution is 7.17. The summed E-state index contributed by atoms with van der Waals surface area (Å²) in [5, 5.41) is 11.7. The van der Waals surface area contributed by atoms with Crippen LogP contribution in [0, 0.1) is 29.8 Å². The van der Waals surface area contributed by atoms with E-state index in [9.17, 15) is 19.3 Å². The van der Waals surface area contributed by atoms with Crippen LogP contribution in [-0.2, 0) is 6.54 Å². The van der Waals surface area contributed by atoms with Crippen molar-refractivity contribution in [3.05, 3.63) is 86.6 Å². The minimum absolute atomic E-state index is 0.0126. The van der Waals surface area contributed by atoms with Gasteiger partial charge < -0.3 is 9.88 Å². The number of imidazole rings is 1. The maximum absolute atomic E-state index is 13.2. The summed E-state index contributed by atoms with van der Waals surface area (Å²) in [6, 6.07) is 12.2. The number of amides is 1. The van der Waals surface area contributed by atoms with E-state index >= 15 is 0 Å². The molecule has 2 aromatic carbocycles. The van der Waals surface area contributed by atoms with Gasteiger partial charge in [0.2, 0.25) is 0 Å². The van der Waals surface area contributed by atoms with Crippen LogP contribution in [0.15, 0.2) is 48.5 Å². The Balaban J connectivity index is 1.53. The lowest BCUT2D eigenvalue weighted by Crippen LogP contribution is -2.26. The second kappa shape index (κ2) is 8.91. The number of nitro groups is 1. The topological polar surface area (TPSA) is 105 Å². The van der Waals surface area contributed by atoms with E-state index in [1.54, 1.807) is 38.2 Å².